The van der Waals surface area contributed by atoms with Gasteiger partial charge in [-0.25, -0.2) is 9.46 Å². The van der Waals surface area contributed by atoms with E-state index in [0.717, 1.165) is 25.9 Å². The van der Waals surface area contributed by atoms with Crippen LogP contribution >= 0.6 is 8.53 Å². The summed E-state index contributed by atoms with van der Waals surface area (Å²) in [6, 6.07) is 3.67. The third-order valence-corrected chi connectivity index (χ3v) is 14.6. The van der Waals surface area contributed by atoms with E-state index in [9.17, 15) is 14.9 Å². The van der Waals surface area contributed by atoms with Crippen molar-refractivity contribution in [3.63, 3.8) is 0 Å². The Hall–Kier alpha value is -1.68. The van der Waals surface area contributed by atoms with Crippen LogP contribution < -0.4 is 11.2 Å². The van der Waals surface area contributed by atoms with E-state index >= 15 is 0 Å². The lowest BCUT2D eigenvalue weighted by molar-refractivity contribution is -0.193. The molecule has 1 N–H and O–H groups in total. The molecule has 12 nitrogen and oxygen atoms in total. The monoisotopic (exact) mass is 922 g/mol. The largest absolute Gasteiger partial charge is 0.374 e. The minimum Gasteiger partial charge on any atom is -0.374 e. The average Bonchev–Trinajstić information content (AvgIpc) is 3.61. The Labute approximate surface area is 392 Å². The average molecular weight is 922 g/mol. The van der Waals surface area contributed by atoms with Gasteiger partial charge in [0.25, 0.3) is 14.1 Å². The molecule has 0 spiro atoms. The summed E-state index contributed by atoms with van der Waals surface area (Å²) in [5.74, 6) is 0. The van der Waals surface area contributed by atoms with Crippen LogP contribution in [0.5, 0.6) is 0 Å². The van der Waals surface area contributed by atoms with E-state index in [1.165, 1.54) is 184 Å². The molecule has 1 saturated heterocycles. The van der Waals surface area contributed by atoms with Crippen molar-refractivity contribution in [1.29, 1.82) is 5.26 Å². The first kappa shape index (κ1) is 58.4. The fraction of sp³-hybridized carbons (Fsp3) is 0.902. The van der Waals surface area contributed by atoms with E-state index in [-0.39, 0.29) is 31.7 Å². The van der Waals surface area contributed by atoms with Crippen LogP contribution in [0.25, 0.3) is 0 Å². The van der Waals surface area contributed by atoms with Crippen LogP contribution in [-0.2, 0) is 23.4 Å². The van der Waals surface area contributed by atoms with Gasteiger partial charge in [-0.3, -0.25) is 19.2 Å². The highest BCUT2D eigenvalue weighted by Gasteiger charge is 2.50. The molecule has 0 bridgehead atoms. The first-order valence-corrected chi connectivity index (χ1v) is 27.4. The SMILES string of the molecule is CCCCCCCCCCCCCCCCN(CCCCCCCCCCCCCCCC)OC[C@H]1O[C@@H](n2ccc(=O)[nH]c2=O)C(OC)C1OP(OCCC#N)N(C(C)C)C(C)C. The standard InChI is InChI=1S/C51H96N5O7P/c1-8-10-12-14-16-18-20-22-24-26-28-30-32-34-39-54(40-35-33-31-29-27-25-23-21-19-17-15-13-11-9-2)60-43-46-48(63-64(61-42-36-38-52)56(44(3)4)45(5)6)49(59-7)50(62-46)55-41-37-47(57)53-51(55)58/h37,41,44-46,48-50H,8-36,39-40,42-43H2,1-7H3,(H,53,57,58)/t46-,48?,49?,50-,64?/m1/s1. The van der Waals surface area contributed by atoms with Crippen LogP contribution in [0.2, 0.25) is 0 Å². The number of methoxy groups -OCH3 is 1. The summed E-state index contributed by atoms with van der Waals surface area (Å²) in [6.07, 6.45) is 35.7. The maximum atomic E-state index is 13.1. The van der Waals surface area contributed by atoms with Crippen molar-refractivity contribution < 1.29 is 23.4 Å². The molecule has 5 atom stereocenters. The number of hydrogen-bond acceptors (Lipinski definition) is 10. The highest BCUT2D eigenvalue weighted by Crippen LogP contribution is 2.50. The summed E-state index contributed by atoms with van der Waals surface area (Å²) < 4.78 is 29.5. The van der Waals surface area contributed by atoms with E-state index in [1.807, 2.05) is 0 Å². The molecule has 372 valence electrons. The molecule has 13 heteroatoms. The van der Waals surface area contributed by atoms with Crippen molar-refractivity contribution in [2.75, 3.05) is 33.4 Å². The minimum absolute atomic E-state index is 0.0922. The highest BCUT2D eigenvalue weighted by atomic mass is 31.2. The van der Waals surface area contributed by atoms with Crippen molar-refractivity contribution in [3.8, 4) is 6.07 Å². The van der Waals surface area contributed by atoms with E-state index in [0.29, 0.717) is 0 Å². The maximum absolute atomic E-state index is 13.1. The van der Waals surface area contributed by atoms with Gasteiger partial charge in [0.15, 0.2) is 6.23 Å². The number of nitrogens with one attached hydrogen (secondary N) is 1. The zero-order valence-corrected chi connectivity index (χ0v) is 42.9. The Bertz CT molecular complexity index is 1370. The normalized spacial score (nSPS) is 18.3. The molecule has 1 aromatic heterocycles. The zero-order valence-electron chi connectivity index (χ0n) is 42.0. The van der Waals surface area contributed by atoms with Gasteiger partial charge < -0.3 is 18.5 Å². The van der Waals surface area contributed by atoms with Crippen molar-refractivity contribution in [1.82, 2.24) is 19.3 Å². The highest BCUT2D eigenvalue weighted by molar-refractivity contribution is 7.44. The lowest BCUT2D eigenvalue weighted by atomic mass is 10.0. The van der Waals surface area contributed by atoms with E-state index in [4.69, 9.17) is 23.4 Å². The molecule has 1 aliphatic heterocycles. The second kappa shape index (κ2) is 38.3. The van der Waals surface area contributed by atoms with Gasteiger partial charge in [0.1, 0.15) is 18.3 Å². The third kappa shape index (κ3) is 25.5. The van der Waals surface area contributed by atoms with Gasteiger partial charge in [-0.1, -0.05) is 181 Å². The number of unbranched alkanes of at least 4 members (excludes halogenated alkanes) is 26. The minimum atomic E-state index is -1.65. The van der Waals surface area contributed by atoms with Crippen LogP contribution in [0.1, 0.15) is 234 Å². The molecular formula is C51H96N5O7P. The molecule has 0 amide bonds. The van der Waals surface area contributed by atoms with Gasteiger partial charge in [0.2, 0.25) is 0 Å². The molecule has 3 unspecified atom stereocenters. The Morgan fingerprint density at radius 3 is 1.53 bits per heavy atom. The van der Waals surface area contributed by atoms with Crippen LogP contribution in [0, 0.1) is 11.3 Å². The molecular weight excluding hydrogens is 826 g/mol. The Balaban J connectivity index is 2.07. The van der Waals surface area contributed by atoms with Gasteiger partial charge in [0.05, 0.1) is 25.7 Å². The fourth-order valence-corrected chi connectivity index (χ4v) is 10.6. The van der Waals surface area contributed by atoms with E-state index in [2.05, 4.69) is 62.3 Å². The van der Waals surface area contributed by atoms with E-state index < -0.39 is 44.3 Å². The molecule has 1 aromatic rings. The van der Waals surface area contributed by atoms with Gasteiger partial charge in [-0.2, -0.15) is 10.3 Å². The first-order chi connectivity index (χ1) is 31.2. The summed E-state index contributed by atoms with van der Waals surface area (Å²) in [4.78, 5) is 34.2. The molecule has 0 aromatic carbocycles. The summed E-state index contributed by atoms with van der Waals surface area (Å²) in [6.45, 7) is 15.0. The van der Waals surface area contributed by atoms with Gasteiger partial charge in [-0.15, -0.1) is 0 Å². The van der Waals surface area contributed by atoms with Gasteiger partial charge in [-0.05, 0) is 40.5 Å². The van der Waals surface area contributed by atoms with Crippen LogP contribution in [-0.4, -0.2) is 83.1 Å². The number of aromatic amines is 1. The fourth-order valence-electron chi connectivity index (χ4n) is 8.86. The maximum Gasteiger partial charge on any atom is 0.330 e. The number of hydrogen-bond donors (Lipinski definition) is 1. The molecule has 2 heterocycles. The number of aromatic nitrogens is 2. The predicted octanol–water partition coefficient (Wildman–Crippen LogP) is 13.3. The quantitative estimate of drug-likeness (QED) is 0.0384. The Morgan fingerprint density at radius 1 is 0.703 bits per heavy atom. The second-order valence-electron chi connectivity index (χ2n) is 18.8. The molecule has 2 rings (SSSR count). The lowest BCUT2D eigenvalue weighted by Crippen LogP contribution is -2.42. The smallest absolute Gasteiger partial charge is 0.330 e. The number of H-pyrrole nitrogens is 1. The number of hydroxylamine groups is 2. The lowest BCUT2D eigenvalue weighted by Gasteiger charge is -2.38. The molecule has 1 aliphatic rings. The number of rotatable bonds is 43. The summed E-state index contributed by atoms with van der Waals surface area (Å²) in [5, 5.41) is 11.5. The summed E-state index contributed by atoms with van der Waals surface area (Å²) in [5.41, 5.74) is -1.07. The van der Waals surface area contributed by atoms with Crippen molar-refractivity contribution in [3.05, 3.63) is 33.1 Å². The zero-order chi connectivity index (χ0) is 46.6. The van der Waals surface area contributed by atoms with Crippen LogP contribution in [0.4, 0.5) is 0 Å². The van der Waals surface area contributed by atoms with Crippen LogP contribution in [0.15, 0.2) is 21.9 Å². The predicted molar refractivity (Wildman–Crippen MR) is 264 cm³/mol. The third-order valence-electron chi connectivity index (χ3n) is 12.5. The summed E-state index contributed by atoms with van der Waals surface area (Å²) >= 11 is 0. The first-order valence-electron chi connectivity index (χ1n) is 26.3. The van der Waals surface area contributed by atoms with Crippen LogP contribution in [0.3, 0.4) is 0 Å². The molecule has 0 saturated carbocycles. The number of ether oxygens (including phenoxy) is 2. The molecule has 64 heavy (non-hydrogen) atoms. The van der Waals surface area contributed by atoms with Crippen molar-refractivity contribution in [2.24, 2.45) is 0 Å². The topological polar surface area (TPSA) is 131 Å². The molecule has 1 fully saturated rings. The molecule has 0 aliphatic carbocycles. The van der Waals surface area contributed by atoms with E-state index in [1.54, 1.807) is 7.11 Å². The van der Waals surface area contributed by atoms with Crippen molar-refractivity contribution in [2.45, 2.75) is 264 Å². The Kier molecular flexibility index (Phi) is 35.0. The van der Waals surface area contributed by atoms with Gasteiger partial charge in [0, 0.05) is 44.5 Å². The van der Waals surface area contributed by atoms with Crippen molar-refractivity contribution >= 4 is 8.53 Å². The molecule has 0 radical (unpaired) electrons. The second-order valence-corrected chi connectivity index (χ2v) is 20.2. The number of nitriles is 1. The Morgan fingerprint density at radius 2 is 1.14 bits per heavy atom. The summed E-state index contributed by atoms with van der Waals surface area (Å²) in [7, 11) is -0.0740. The van der Waals surface area contributed by atoms with Gasteiger partial charge >= 0.3 is 5.69 Å². The number of nitrogens with zero attached hydrogens (tertiary/aromatic N) is 4.